The van der Waals surface area contributed by atoms with Crippen molar-refractivity contribution in [2.75, 3.05) is 26.3 Å². The normalized spacial score (nSPS) is 13.7. The molecule has 0 aromatic carbocycles. The number of rotatable bonds is 12. The van der Waals surface area contributed by atoms with Crippen LogP contribution in [-0.2, 0) is 24.4 Å². The van der Waals surface area contributed by atoms with Crippen molar-refractivity contribution in [1.82, 2.24) is 10.3 Å². The van der Waals surface area contributed by atoms with E-state index in [0.29, 0.717) is 19.0 Å². The highest BCUT2D eigenvalue weighted by molar-refractivity contribution is 9.11. The van der Waals surface area contributed by atoms with Crippen LogP contribution in [0.2, 0.25) is 0 Å². The second-order valence-corrected chi connectivity index (χ2v) is 8.83. The van der Waals surface area contributed by atoms with Gasteiger partial charge in [-0.2, -0.15) is 4.21 Å². The van der Waals surface area contributed by atoms with Gasteiger partial charge in [-0.1, -0.05) is 12.8 Å². The van der Waals surface area contributed by atoms with Crippen molar-refractivity contribution in [3.63, 3.8) is 0 Å². The van der Waals surface area contributed by atoms with Gasteiger partial charge in [0, 0.05) is 28.4 Å². The summed E-state index contributed by atoms with van der Waals surface area (Å²) < 4.78 is 31.3. The smallest absolute Gasteiger partial charge is 0.266 e. The van der Waals surface area contributed by atoms with E-state index >= 15 is 0 Å². The third kappa shape index (κ3) is 11.4. The molecule has 0 saturated carbocycles. The third-order valence-electron chi connectivity index (χ3n) is 2.77. The Bertz CT molecular complexity index is 573. The lowest BCUT2D eigenvalue weighted by molar-refractivity contribution is 0.290. The molecule has 2 N–H and O–H groups in total. The molecular weight excluding hydrogens is 472 g/mol. The number of unbranched alkanes of at least 4 members (excludes halogenated alkanes) is 3. The molecule has 1 heterocycles. The van der Waals surface area contributed by atoms with E-state index < -0.39 is 9.05 Å². The zero-order valence-corrected chi connectivity index (χ0v) is 17.3. The Morgan fingerprint density at radius 2 is 1.96 bits per heavy atom. The van der Waals surface area contributed by atoms with Crippen LogP contribution in [0.25, 0.3) is 0 Å². The first-order valence-corrected chi connectivity index (χ1v) is 11.1. The molecule has 1 rings (SSSR count). The molecule has 132 valence electrons. The average molecular weight is 492 g/mol. The molecule has 1 aromatic heterocycles. The minimum Gasteiger partial charge on any atom is -0.477 e. The lowest BCUT2D eigenvalue weighted by Crippen LogP contribution is -2.22. The maximum absolute atomic E-state index is 10.7. The maximum Gasteiger partial charge on any atom is 0.266 e. The Morgan fingerprint density at radius 1 is 1.22 bits per heavy atom. The highest BCUT2D eigenvalue weighted by Gasteiger charge is 2.03. The van der Waals surface area contributed by atoms with Crippen molar-refractivity contribution in [1.29, 1.82) is 0 Å². The predicted molar refractivity (Wildman–Crippen MR) is 101 cm³/mol. The van der Waals surface area contributed by atoms with E-state index in [9.17, 15) is 4.21 Å². The van der Waals surface area contributed by atoms with Gasteiger partial charge in [0.25, 0.3) is 9.05 Å². The van der Waals surface area contributed by atoms with E-state index in [1.807, 2.05) is 6.07 Å². The number of pyridine rings is 1. The molecule has 10 heteroatoms. The van der Waals surface area contributed by atoms with E-state index in [1.54, 1.807) is 6.20 Å². The third-order valence-corrected chi connectivity index (χ3v) is 4.53. The van der Waals surface area contributed by atoms with Gasteiger partial charge in [0.15, 0.2) is 0 Å². The first-order valence-electron chi connectivity index (χ1n) is 7.15. The van der Waals surface area contributed by atoms with Crippen molar-refractivity contribution in [3.8, 4) is 5.88 Å². The molecule has 1 unspecified atom stereocenters. The van der Waals surface area contributed by atoms with Crippen molar-refractivity contribution >= 4 is 52.1 Å². The van der Waals surface area contributed by atoms with Crippen LogP contribution in [-0.4, -0.2) is 40.0 Å². The Balaban J connectivity index is 1.94. The van der Waals surface area contributed by atoms with Crippen molar-refractivity contribution in [3.05, 3.63) is 21.2 Å². The molecule has 6 nitrogen and oxygen atoms in total. The van der Waals surface area contributed by atoms with Gasteiger partial charge in [-0.25, -0.2) is 4.98 Å². The lowest BCUT2D eigenvalue weighted by Gasteiger charge is -2.07. The van der Waals surface area contributed by atoms with Crippen LogP contribution in [0.15, 0.2) is 21.2 Å². The number of nitrogens with zero attached hydrogens (tertiary/aromatic N) is 1. The zero-order chi connectivity index (χ0) is 17.1. The van der Waals surface area contributed by atoms with E-state index in [4.69, 9.17) is 9.29 Å². The fraction of sp³-hybridized carbons (Fsp3) is 0.615. The first-order chi connectivity index (χ1) is 10.9. The predicted octanol–water partition coefficient (Wildman–Crippen LogP) is 3.29. The molecule has 1 atom stereocenters. The Hall–Kier alpha value is 0.160. The summed E-state index contributed by atoms with van der Waals surface area (Å²) in [5, 5.41) is 3.13. The minimum atomic E-state index is -3.49. The van der Waals surface area contributed by atoms with Crippen LogP contribution in [0.1, 0.15) is 25.7 Å². The molecule has 0 aliphatic heterocycles. The summed E-state index contributed by atoms with van der Waals surface area (Å²) in [4.78, 5) is 4.19. The minimum absolute atomic E-state index is 0.141. The highest BCUT2D eigenvalue weighted by Crippen LogP contribution is 2.25. The van der Waals surface area contributed by atoms with E-state index in [-0.39, 0.29) is 6.61 Å². The summed E-state index contributed by atoms with van der Waals surface area (Å²) in [7, 11) is -3.49. The average Bonchev–Trinajstić information content (AvgIpc) is 2.45. The van der Waals surface area contributed by atoms with Gasteiger partial charge in [0.2, 0.25) is 5.88 Å². The number of aromatic nitrogens is 1. The highest BCUT2D eigenvalue weighted by atomic mass is 79.9. The largest absolute Gasteiger partial charge is 0.477 e. The fourth-order valence-corrected chi connectivity index (χ4v) is 3.33. The summed E-state index contributed by atoms with van der Waals surface area (Å²) in [5.41, 5.74) is 0. The van der Waals surface area contributed by atoms with E-state index in [1.165, 1.54) is 0 Å². The number of hydrogen-bond acceptors (Lipinski definition) is 6. The van der Waals surface area contributed by atoms with Crippen LogP contribution in [0, 0.1) is 0 Å². The Kier molecular flexibility index (Phi) is 10.8. The van der Waals surface area contributed by atoms with Crippen molar-refractivity contribution in [2.24, 2.45) is 0 Å². The summed E-state index contributed by atoms with van der Waals surface area (Å²) in [6.45, 7) is 2.13. The van der Waals surface area contributed by atoms with Crippen LogP contribution < -0.4 is 10.1 Å². The van der Waals surface area contributed by atoms with Gasteiger partial charge in [-0.05, 0) is 57.3 Å². The van der Waals surface area contributed by atoms with Gasteiger partial charge in [0.1, 0.15) is 0 Å². The molecule has 0 aliphatic carbocycles. The fourth-order valence-electron chi connectivity index (χ4n) is 1.73. The number of hydrogen-bond donors (Lipinski definition) is 2. The zero-order valence-electron chi connectivity index (χ0n) is 12.5. The number of ether oxygens (including phenoxy) is 1. The maximum atomic E-state index is 10.7. The van der Waals surface area contributed by atoms with E-state index in [0.717, 1.165) is 41.2 Å². The quantitative estimate of drug-likeness (QED) is 0.434. The molecule has 0 aliphatic rings. The van der Waals surface area contributed by atoms with Crippen LogP contribution in [0.3, 0.4) is 0 Å². The second kappa shape index (κ2) is 11.7. The summed E-state index contributed by atoms with van der Waals surface area (Å²) in [6, 6.07) is 1.90. The lowest BCUT2D eigenvalue weighted by atomic mass is 10.2. The van der Waals surface area contributed by atoms with Gasteiger partial charge in [0.05, 0.1) is 17.7 Å². The molecule has 0 spiro atoms. The second-order valence-electron chi connectivity index (χ2n) is 4.70. The topological polar surface area (TPSA) is 80.7 Å². The molecule has 0 amide bonds. The summed E-state index contributed by atoms with van der Waals surface area (Å²) in [6.07, 6.45) is 5.86. The first kappa shape index (κ1) is 21.2. The van der Waals surface area contributed by atoms with Gasteiger partial charge in [-0.3, -0.25) is 8.74 Å². The molecule has 1 aromatic rings. The molecule has 23 heavy (non-hydrogen) atoms. The summed E-state index contributed by atoms with van der Waals surface area (Å²) >= 11 is 11.0. The van der Waals surface area contributed by atoms with Crippen LogP contribution in [0.5, 0.6) is 5.88 Å². The molecule has 0 fully saturated rings. The number of halogens is 2. The standard InChI is InChI=1S/C13H20Br2N2O4S2/c14-11-9-12(15)13(17-10-11)20-7-4-2-1-3-5-16-6-8-21-23(18,19)22/h9-10,16H,1-8H2,(H,18,19,22). The SMILES string of the molecule is O=S(O)(=S)OCCNCCCCCCOc1ncc(Br)cc1Br. The molecule has 0 radical (unpaired) electrons. The van der Waals surface area contributed by atoms with Crippen LogP contribution >= 0.6 is 31.9 Å². The van der Waals surface area contributed by atoms with E-state index in [2.05, 4.69) is 57.5 Å². The monoisotopic (exact) mass is 490 g/mol. The Labute approximate surface area is 158 Å². The van der Waals surface area contributed by atoms with Crippen molar-refractivity contribution < 1.29 is 17.7 Å². The van der Waals surface area contributed by atoms with Gasteiger partial charge >= 0.3 is 0 Å². The molecule has 0 saturated heterocycles. The molecular formula is C13H20Br2N2O4S2. The van der Waals surface area contributed by atoms with Gasteiger partial charge < -0.3 is 10.1 Å². The molecule has 0 bridgehead atoms. The van der Waals surface area contributed by atoms with Crippen LogP contribution in [0.4, 0.5) is 0 Å². The van der Waals surface area contributed by atoms with Crippen molar-refractivity contribution in [2.45, 2.75) is 25.7 Å². The van der Waals surface area contributed by atoms with Gasteiger partial charge in [-0.15, -0.1) is 0 Å². The number of nitrogens with one attached hydrogen (secondary N) is 1. The summed E-state index contributed by atoms with van der Waals surface area (Å²) in [5.74, 6) is 0.608. The Morgan fingerprint density at radius 3 is 2.65 bits per heavy atom.